The normalized spacial score (nSPS) is 11.6. The molecule has 2 rings (SSSR count). The zero-order chi connectivity index (χ0) is 19.5. The van der Waals surface area contributed by atoms with Gasteiger partial charge in [0.05, 0.1) is 7.11 Å². The second kappa shape index (κ2) is 11.0. The molecule has 2 aromatic rings. The van der Waals surface area contributed by atoms with Gasteiger partial charge in [0.2, 0.25) is 0 Å². The number of alkyl halides is 3. The minimum absolute atomic E-state index is 0.214. The van der Waals surface area contributed by atoms with Crippen molar-refractivity contribution in [3.63, 3.8) is 0 Å². The van der Waals surface area contributed by atoms with Crippen LogP contribution in [0.25, 0.3) is 0 Å². The Bertz CT molecular complexity index is 665. The fourth-order valence-electron chi connectivity index (χ4n) is 3.30. The number of halogens is 3. The van der Waals surface area contributed by atoms with Gasteiger partial charge in [0.25, 0.3) is 0 Å². The van der Waals surface area contributed by atoms with E-state index in [1.54, 1.807) is 7.11 Å². The molecule has 0 spiro atoms. The van der Waals surface area contributed by atoms with Crippen LogP contribution in [0.15, 0.2) is 48.5 Å². The molecule has 27 heavy (non-hydrogen) atoms. The third-order valence-corrected chi connectivity index (χ3v) is 4.77. The highest BCUT2D eigenvalue weighted by atomic mass is 19.4. The van der Waals surface area contributed by atoms with Crippen LogP contribution in [-0.2, 0) is 19.3 Å². The Morgan fingerprint density at radius 1 is 0.741 bits per heavy atom. The fourth-order valence-corrected chi connectivity index (χ4v) is 3.30. The molecule has 0 radical (unpaired) electrons. The maximum Gasteiger partial charge on any atom is 0.389 e. The Morgan fingerprint density at radius 3 is 2.11 bits per heavy atom. The molecule has 148 valence electrons. The summed E-state index contributed by atoms with van der Waals surface area (Å²) in [5, 5.41) is 0. The molecular weight excluding hydrogens is 349 g/mol. The summed E-state index contributed by atoms with van der Waals surface area (Å²) in [7, 11) is 1.68. The lowest BCUT2D eigenvalue weighted by Gasteiger charge is -2.11. The highest BCUT2D eigenvalue weighted by Gasteiger charge is 2.25. The van der Waals surface area contributed by atoms with Crippen LogP contribution >= 0.6 is 0 Å². The van der Waals surface area contributed by atoms with Gasteiger partial charge in [-0.1, -0.05) is 48.9 Å². The van der Waals surface area contributed by atoms with Crippen molar-refractivity contribution in [1.29, 1.82) is 0 Å². The van der Waals surface area contributed by atoms with E-state index < -0.39 is 12.6 Å². The van der Waals surface area contributed by atoms with E-state index in [4.69, 9.17) is 4.74 Å². The molecule has 0 amide bonds. The van der Waals surface area contributed by atoms with Crippen LogP contribution in [0.1, 0.15) is 55.2 Å². The Balaban J connectivity index is 1.78. The van der Waals surface area contributed by atoms with Gasteiger partial charge in [0.1, 0.15) is 5.75 Å². The first-order chi connectivity index (χ1) is 13.0. The fraction of sp³-hybridized carbons (Fsp3) is 0.478. The third kappa shape index (κ3) is 8.51. The molecule has 0 aliphatic carbocycles. The maximum absolute atomic E-state index is 12.2. The van der Waals surface area contributed by atoms with Crippen LogP contribution in [0.2, 0.25) is 0 Å². The summed E-state index contributed by atoms with van der Waals surface area (Å²) in [5.74, 6) is 0.899. The predicted octanol–water partition coefficient (Wildman–Crippen LogP) is 6.93. The molecule has 0 aromatic heterocycles. The molecule has 4 heteroatoms. The first kappa shape index (κ1) is 21.3. The zero-order valence-electron chi connectivity index (χ0n) is 16.0. The summed E-state index contributed by atoms with van der Waals surface area (Å²) in [6, 6.07) is 16.6. The molecule has 0 aliphatic heterocycles. The van der Waals surface area contributed by atoms with Crippen LogP contribution in [0.4, 0.5) is 13.2 Å². The molecule has 0 saturated heterocycles. The van der Waals surface area contributed by atoms with Gasteiger partial charge in [0, 0.05) is 6.42 Å². The van der Waals surface area contributed by atoms with Crippen molar-refractivity contribution in [2.45, 2.75) is 64.0 Å². The zero-order valence-corrected chi connectivity index (χ0v) is 16.0. The monoisotopic (exact) mass is 378 g/mol. The lowest BCUT2D eigenvalue weighted by Crippen LogP contribution is -2.06. The smallest absolute Gasteiger partial charge is 0.389 e. The van der Waals surface area contributed by atoms with Gasteiger partial charge in [-0.25, -0.2) is 0 Å². The van der Waals surface area contributed by atoms with Gasteiger partial charge in [-0.3, -0.25) is 0 Å². The maximum atomic E-state index is 12.2. The number of ether oxygens (including phenoxy) is 1. The van der Waals surface area contributed by atoms with Crippen molar-refractivity contribution in [2.75, 3.05) is 7.11 Å². The quantitative estimate of drug-likeness (QED) is 0.385. The standard InChI is InChI=1S/C23H29F3O/c1-27-22-16-15-20(13-6-3-9-17-23(24,25)26)18-21(22)14-8-7-12-19-10-4-2-5-11-19/h2,4-5,10-11,15-16,18H,3,6-9,12-14,17H2,1H3. The summed E-state index contributed by atoms with van der Waals surface area (Å²) >= 11 is 0. The Kier molecular flexibility index (Phi) is 8.70. The number of hydrogen-bond donors (Lipinski definition) is 0. The van der Waals surface area contributed by atoms with Gasteiger partial charge in [-0.2, -0.15) is 13.2 Å². The van der Waals surface area contributed by atoms with E-state index in [0.29, 0.717) is 6.42 Å². The SMILES string of the molecule is COc1ccc(CCCCCC(F)(F)F)cc1CCCCc1ccccc1. The molecule has 0 saturated carbocycles. The molecule has 0 N–H and O–H groups in total. The van der Waals surface area contributed by atoms with Crippen LogP contribution in [0.3, 0.4) is 0 Å². The molecule has 0 bridgehead atoms. The molecule has 0 fully saturated rings. The molecular formula is C23H29F3O. The number of unbranched alkanes of at least 4 members (excludes halogenated alkanes) is 3. The summed E-state index contributed by atoms with van der Waals surface area (Å²) < 4.78 is 42.0. The van der Waals surface area contributed by atoms with E-state index >= 15 is 0 Å². The summed E-state index contributed by atoms with van der Waals surface area (Å²) in [4.78, 5) is 0. The van der Waals surface area contributed by atoms with Gasteiger partial charge in [0.15, 0.2) is 0 Å². The molecule has 0 atom stereocenters. The number of benzene rings is 2. The van der Waals surface area contributed by atoms with E-state index in [2.05, 4.69) is 30.3 Å². The highest BCUT2D eigenvalue weighted by Crippen LogP contribution is 2.25. The van der Waals surface area contributed by atoms with Gasteiger partial charge in [-0.15, -0.1) is 0 Å². The predicted molar refractivity (Wildman–Crippen MR) is 104 cm³/mol. The Labute approximate surface area is 160 Å². The third-order valence-electron chi connectivity index (χ3n) is 4.77. The van der Waals surface area contributed by atoms with Crippen molar-refractivity contribution >= 4 is 0 Å². The van der Waals surface area contributed by atoms with E-state index in [9.17, 15) is 13.2 Å². The summed E-state index contributed by atoms with van der Waals surface area (Å²) in [5.41, 5.74) is 3.73. The second-order valence-corrected chi connectivity index (χ2v) is 7.01. The van der Waals surface area contributed by atoms with Gasteiger partial charge < -0.3 is 4.74 Å². The van der Waals surface area contributed by atoms with Crippen LogP contribution < -0.4 is 4.74 Å². The van der Waals surface area contributed by atoms with E-state index in [0.717, 1.165) is 44.3 Å². The van der Waals surface area contributed by atoms with Crippen molar-refractivity contribution < 1.29 is 17.9 Å². The number of hydrogen-bond acceptors (Lipinski definition) is 1. The average molecular weight is 378 g/mol. The Hall–Kier alpha value is -1.97. The van der Waals surface area contributed by atoms with Gasteiger partial charge in [-0.05, 0) is 67.7 Å². The molecule has 1 nitrogen and oxygen atoms in total. The average Bonchev–Trinajstić information content (AvgIpc) is 2.65. The first-order valence-electron chi connectivity index (χ1n) is 9.74. The minimum atomic E-state index is -4.03. The van der Waals surface area contributed by atoms with E-state index in [1.165, 1.54) is 16.7 Å². The van der Waals surface area contributed by atoms with Crippen molar-refractivity contribution in [2.24, 2.45) is 0 Å². The van der Waals surface area contributed by atoms with Crippen LogP contribution in [0.5, 0.6) is 5.75 Å². The van der Waals surface area contributed by atoms with Crippen LogP contribution in [0, 0.1) is 0 Å². The van der Waals surface area contributed by atoms with Crippen molar-refractivity contribution in [3.05, 3.63) is 65.2 Å². The molecule has 0 heterocycles. The van der Waals surface area contributed by atoms with E-state index in [-0.39, 0.29) is 6.42 Å². The largest absolute Gasteiger partial charge is 0.496 e. The molecule has 2 aromatic carbocycles. The van der Waals surface area contributed by atoms with Crippen LogP contribution in [-0.4, -0.2) is 13.3 Å². The van der Waals surface area contributed by atoms with Crippen molar-refractivity contribution in [3.8, 4) is 5.75 Å². The first-order valence-corrected chi connectivity index (χ1v) is 9.74. The van der Waals surface area contributed by atoms with Gasteiger partial charge >= 0.3 is 6.18 Å². The molecule has 0 aliphatic rings. The highest BCUT2D eigenvalue weighted by molar-refractivity contribution is 5.37. The number of aryl methyl sites for hydroxylation is 3. The lowest BCUT2D eigenvalue weighted by atomic mass is 9.99. The second-order valence-electron chi connectivity index (χ2n) is 7.01. The Morgan fingerprint density at radius 2 is 1.41 bits per heavy atom. The molecule has 0 unspecified atom stereocenters. The summed E-state index contributed by atoms with van der Waals surface area (Å²) in [6.45, 7) is 0. The topological polar surface area (TPSA) is 9.23 Å². The van der Waals surface area contributed by atoms with E-state index in [1.807, 2.05) is 18.2 Å². The lowest BCUT2D eigenvalue weighted by molar-refractivity contribution is -0.135. The minimum Gasteiger partial charge on any atom is -0.496 e. The number of methoxy groups -OCH3 is 1. The van der Waals surface area contributed by atoms with Crippen molar-refractivity contribution in [1.82, 2.24) is 0 Å². The summed E-state index contributed by atoms with van der Waals surface area (Å²) in [6.07, 6.45) is 1.95. The number of rotatable bonds is 11.